The molecule has 3 N–H and O–H groups in total. The van der Waals surface area contributed by atoms with Gasteiger partial charge >= 0.3 is 12.2 Å². The van der Waals surface area contributed by atoms with Gasteiger partial charge in [-0.15, -0.1) is 0 Å². The van der Waals surface area contributed by atoms with Crippen molar-refractivity contribution in [3.05, 3.63) is 28.8 Å². The number of benzene rings is 1. The van der Waals surface area contributed by atoms with Gasteiger partial charge in [-0.1, -0.05) is 11.6 Å². The summed E-state index contributed by atoms with van der Waals surface area (Å²) in [6, 6.07) is 1.96. The zero-order valence-electron chi connectivity index (χ0n) is 11.3. The van der Waals surface area contributed by atoms with Crippen molar-refractivity contribution in [3.8, 4) is 0 Å². The lowest BCUT2D eigenvalue weighted by atomic mass is 10.2. The number of rotatable bonds is 5. The van der Waals surface area contributed by atoms with E-state index in [0.717, 1.165) is 18.2 Å². The average Bonchev–Trinajstić information content (AvgIpc) is 2.37. The van der Waals surface area contributed by atoms with Gasteiger partial charge in [0.1, 0.15) is 0 Å². The number of halogens is 4. The summed E-state index contributed by atoms with van der Waals surface area (Å²) in [4.78, 5) is 11.7. The van der Waals surface area contributed by atoms with Crippen LogP contribution in [0.3, 0.4) is 0 Å². The van der Waals surface area contributed by atoms with E-state index in [-0.39, 0.29) is 23.4 Å². The Balaban J connectivity index is 2.65. The molecule has 0 fully saturated rings. The Kier molecular flexibility index (Phi) is 6.29. The van der Waals surface area contributed by atoms with Crippen molar-refractivity contribution >= 4 is 23.3 Å². The number of urea groups is 1. The van der Waals surface area contributed by atoms with Crippen LogP contribution >= 0.6 is 11.6 Å². The Morgan fingerprint density at radius 1 is 1.43 bits per heavy atom. The largest absolute Gasteiger partial charge is 0.416 e. The quantitative estimate of drug-likeness (QED) is 0.774. The molecule has 0 aliphatic rings. The van der Waals surface area contributed by atoms with Crippen LogP contribution in [0.5, 0.6) is 0 Å². The van der Waals surface area contributed by atoms with Gasteiger partial charge in [0.05, 0.1) is 16.3 Å². The van der Waals surface area contributed by atoms with Crippen molar-refractivity contribution < 1.29 is 23.1 Å². The predicted molar refractivity (Wildman–Crippen MR) is 74.4 cm³/mol. The molecular formula is C13H16ClF3N2O2. The number of alkyl halides is 3. The Morgan fingerprint density at radius 2 is 2.10 bits per heavy atom. The Bertz CT molecular complexity index is 495. The fourth-order valence-electron chi connectivity index (χ4n) is 1.64. The highest BCUT2D eigenvalue weighted by molar-refractivity contribution is 6.33. The molecule has 4 nitrogen and oxygen atoms in total. The van der Waals surface area contributed by atoms with Crippen molar-refractivity contribution in [2.75, 3.05) is 11.9 Å². The highest BCUT2D eigenvalue weighted by Gasteiger charge is 2.31. The second-order valence-electron chi connectivity index (χ2n) is 4.56. The number of anilines is 1. The van der Waals surface area contributed by atoms with Gasteiger partial charge in [0.25, 0.3) is 0 Å². The number of carbonyl (C=O) groups is 1. The fraction of sp³-hybridized carbons (Fsp3) is 0.462. The molecule has 1 atom stereocenters. The lowest BCUT2D eigenvalue weighted by molar-refractivity contribution is -0.137. The minimum absolute atomic E-state index is 0.0262. The van der Waals surface area contributed by atoms with E-state index in [9.17, 15) is 18.0 Å². The molecule has 0 heterocycles. The molecule has 0 aliphatic carbocycles. The maximum absolute atomic E-state index is 12.5. The van der Waals surface area contributed by atoms with E-state index < -0.39 is 17.8 Å². The summed E-state index contributed by atoms with van der Waals surface area (Å²) in [5.41, 5.74) is -0.786. The predicted octanol–water partition coefficient (Wildman–Crippen LogP) is 3.64. The first-order valence-electron chi connectivity index (χ1n) is 6.29. The Labute approximate surface area is 125 Å². The van der Waals surface area contributed by atoms with Gasteiger partial charge in [-0.05, 0) is 38.0 Å². The lowest BCUT2D eigenvalue weighted by Crippen LogP contribution is -2.36. The highest BCUT2D eigenvalue weighted by Crippen LogP contribution is 2.33. The van der Waals surface area contributed by atoms with Crippen molar-refractivity contribution in [1.29, 1.82) is 0 Å². The van der Waals surface area contributed by atoms with Crippen LogP contribution in [-0.2, 0) is 6.18 Å². The number of aliphatic hydroxyl groups is 1. The molecule has 0 bridgehead atoms. The van der Waals surface area contributed by atoms with Gasteiger partial charge in [0, 0.05) is 12.6 Å². The first-order chi connectivity index (χ1) is 9.74. The van der Waals surface area contributed by atoms with Gasteiger partial charge in [0.15, 0.2) is 0 Å². The zero-order chi connectivity index (χ0) is 16.0. The molecule has 1 unspecified atom stereocenters. The molecule has 0 saturated heterocycles. The number of carbonyl (C=O) groups excluding carboxylic acids is 1. The fourth-order valence-corrected chi connectivity index (χ4v) is 1.87. The topological polar surface area (TPSA) is 61.4 Å². The second kappa shape index (κ2) is 7.51. The van der Waals surface area contributed by atoms with Crippen LogP contribution in [0.25, 0.3) is 0 Å². The number of aliphatic hydroxyl groups excluding tert-OH is 1. The summed E-state index contributed by atoms with van der Waals surface area (Å²) < 4.78 is 37.4. The second-order valence-corrected chi connectivity index (χ2v) is 4.96. The number of hydrogen-bond acceptors (Lipinski definition) is 2. The van der Waals surface area contributed by atoms with Crippen molar-refractivity contribution in [2.45, 2.75) is 32.0 Å². The normalized spacial score (nSPS) is 12.9. The Morgan fingerprint density at radius 3 is 2.62 bits per heavy atom. The minimum atomic E-state index is -4.48. The molecule has 0 aliphatic heterocycles. The van der Waals surface area contributed by atoms with Gasteiger partial charge < -0.3 is 15.7 Å². The molecule has 8 heteroatoms. The van der Waals surface area contributed by atoms with E-state index in [1.807, 2.05) is 0 Å². The molecule has 1 aromatic rings. The van der Waals surface area contributed by atoms with Crippen LogP contribution < -0.4 is 10.6 Å². The molecule has 1 rings (SSSR count). The van der Waals surface area contributed by atoms with Gasteiger partial charge in [0.2, 0.25) is 0 Å². The highest BCUT2D eigenvalue weighted by atomic mass is 35.5. The van der Waals surface area contributed by atoms with Gasteiger partial charge in [-0.2, -0.15) is 13.2 Å². The Hall–Kier alpha value is -1.47. The van der Waals surface area contributed by atoms with E-state index >= 15 is 0 Å². The van der Waals surface area contributed by atoms with E-state index in [2.05, 4.69) is 10.6 Å². The van der Waals surface area contributed by atoms with Crippen molar-refractivity contribution in [3.63, 3.8) is 0 Å². The molecule has 2 amide bonds. The third-order valence-electron chi connectivity index (χ3n) is 2.72. The number of amides is 2. The van der Waals surface area contributed by atoms with Crippen molar-refractivity contribution in [2.24, 2.45) is 0 Å². The summed E-state index contributed by atoms with van der Waals surface area (Å²) in [5, 5.41) is 13.5. The first-order valence-corrected chi connectivity index (χ1v) is 6.67. The monoisotopic (exact) mass is 324 g/mol. The van der Waals surface area contributed by atoms with Crippen LogP contribution in [-0.4, -0.2) is 23.8 Å². The molecule has 21 heavy (non-hydrogen) atoms. The van der Waals surface area contributed by atoms with Crippen LogP contribution in [0.15, 0.2) is 18.2 Å². The number of nitrogens with one attached hydrogen (secondary N) is 2. The van der Waals surface area contributed by atoms with Crippen LogP contribution in [0, 0.1) is 0 Å². The third kappa shape index (κ3) is 5.81. The molecule has 0 aromatic heterocycles. The molecule has 0 spiro atoms. The molecule has 1 aromatic carbocycles. The van der Waals surface area contributed by atoms with Crippen LogP contribution in [0.4, 0.5) is 23.7 Å². The minimum Gasteiger partial charge on any atom is -0.396 e. The van der Waals surface area contributed by atoms with Gasteiger partial charge in [-0.25, -0.2) is 4.79 Å². The summed E-state index contributed by atoms with van der Waals surface area (Å²) in [5.74, 6) is 0. The van der Waals surface area contributed by atoms with Crippen LogP contribution in [0.2, 0.25) is 5.02 Å². The maximum atomic E-state index is 12.5. The average molecular weight is 325 g/mol. The van der Waals surface area contributed by atoms with E-state index in [1.165, 1.54) is 0 Å². The SMILES string of the molecule is CC(CCCO)NC(=O)Nc1ccc(C(F)(F)F)cc1Cl. The lowest BCUT2D eigenvalue weighted by Gasteiger charge is -2.15. The van der Waals surface area contributed by atoms with Crippen LogP contribution in [0.1, 0.15) is 25.3 Å². The summed E-state index contributed by atoms with van der Waals surface area (Å²) in [6.07, 6.45) is -3.35. The van der Waals surface area contributed by atoms with E-state index in [4.69, 9.17) is 16.7 Å². The molecular weight excluding hydrogens is 309 g/mol. The summed E-state index contributed by atoms with van der Waals surface area (Å²) in [6.45, 7) is 1.78. The summed E-state index contributed by atoms with van der Waals surface area (Å²) >= 11 is 5.72. The van der Waals surface area contributed by atoms with E-state index in [1.54, 1.807) is 6.92 Å². The zero-order valence-corrected chi connectivity index (χ0v) is 12.1. The number of hydrogen-bond donors (Lipinski definition) is 3. The third-order valence-corrected chi connectivity index (χ3v) is 3.03. The summed E-state index contributed by atoms with van der Waals surface area (Å²) in [7, 11) is 0. The molecule has 0 radical (unpaired) electrons. The molecule has 0 saturated carbocycles. The smallest absolute Gasteiger partial charge is 0.396 e. The molecule has 118 valence electrons. The maximum Gasteiger partial charge on any atom is 0.416 e. The first kappa shape index (κ1) is 17.6. The van der Waals surface area contributed by atoms with Crippen molar-refractivity contribution in [1.82, 2.24) is 5.32 Å². The van der Waals surface area contributed by atoms with E-state index in [0.29, 0.717) is 12.8 Å². The standard InChI is InChI=1S/C13H16ClF3N2O2/c1-8(3-2-6-20)18-12(21)19-11-5-4-9(7-10(11)14)13(15,16)17/h4-5,7-8,20H,2-3,6H2,1H3,(H2,18,19,21). The van der Waals surface area contributed by atoms with Gasteiger partial charge in [-0.3, -0.25) is 0 Å².